The number of halogens is 1. The first kappa shape index (κ1) is 11.1. The average Bonchev–Trinajstić information content (AvgIpc) is 2.86. The number of benzene rings is 1. The predicted octanol–water partition coefficient (Wildman–Crippen LogP) is 2.83. The Morgan fingerprint density at radius 1 is 1.47 bits per heavy atom. The quantitative estimate of drug-likeness (QED) is 0.842. The van der Waals surface area contributed by atoms with E-state index in [1.165, 1.54) is 18.4 Å². The van der Waals surface area contributed by atoms with Gasteiger partial charge in [-0.05, 0) is 44.0 Å². The third-order valence-electron chi connectivity index (χ3n) is 3.81. The van der Waals surface area contributed by atoms with Gasteiger partial charge >= 0.3 is 0 Å². The Morgan fingerprint density at radius 2 is 2.29 bits per heavy atom. The Kier molecular flexibility index (Phi) is 2.42. The molecule has 17 heavy (non-hydrogen) atoms. The van der Waals surface area contributed by atoms with E-state index in [1.807, 2.05) is 11.7 Å². The molecule has 3 nitrogen and oxygen atoms in total. The number of rotatable bonds is 1. The molecule has 3 rings (SSSR count). The summed E-state index contributed by atoms with van der Waals surface area (Å²) in [5.41, 5.74) is 2.48. The number of hydrogen-bond acceptors (Lipinski definition) is 2. The number of fused-ring (bicyclic) bond motifs is 1. The van der Waals surface area contributed by atoms with Crippen LogP contribution in [-0.2, 0) is 12.6 Å². The molecular weight excluding hydrogens is 234 g/mol. The van der Waals surface area contributed by atoms with Crippen molar-refractivity contribution in [2.24, 2.45) is 7.05 Å². The molecule has 0 amide bonds. The van der Waals surface area contributed by atoms with E-state index in [9.17, 15) is 0 Å². The van der Waals surface area contributed by atoms with Crippen molar-refractivity contribution in [2.75, 3.05) is 6.54 Å². The lowest BCUT2D eigenvalue weighted by Crippen LogP contribution is -2.32. The van der Waals surface area contributed by atoms with E-state index >= 15 is 0 Å². The van der Waals surface area contributed by atoms with E-state index in [4.69, 9.17) is 11.6 Å². The average molecular weight is 250 g/mol. The van der Waals surface area contributed by atoms with Crippen LogP contribution < -0.4 is 5.32 Å². The van der Waals surface area contributed by atoms with Crippen molar-refractivity contribution in [2.45, 2.75) is 25.3 Å². The summed E-state index contributed by atoms with van der Waals surface area (Å²) in [5, 5.41) is 9.44. The summed E-state index contributed by atoms with van der Waals surface area (Å²) in [6.45, 7) is 3.35. The van der Waals surface area contributed by atoms with Crippen LogP contribution in [0.3, 0.4) is 0 Å². The summed E-state index contributed by atoms with van der Waals surface area (Å²) < 4.78 is 1.83. The van der Waals surface area contributed by atoms with E-state index in [1.54, 1.807) is 0 Å². The standard InChI is InChI=1S/C13H16ClN3/c1-13(6-3-7-15-13)9-4-5-11-10(8-9)12(14)16-17(11)2/h4-5,8,15H,3,6-7H2,1-2H3. The minimum Gasteiger partial charge on any atom is -0.308 e. The van der Waals surface area contributed by atoms with E-state index < -0.39 is 0 Å². The van der Waals surface area contributed by atoms with E-state index in [2.05, 4.69) is 35.5 Å². The maximum absolute atomic E-state index is 6.15. The summed E-state index contributed by atoms with van der Waals surface area (Å²) in [7, 11) is 1.92. The molecule has 2 aromatic rings. The molecule has 1 unspecified atom stereocenters. The Labute approximate surface area is 106 Å². The van der Waals surface area contributed by atoms with Crippen LogP contribution in [0.15, 0.2) is 18.2 Å². The second-order valence-electron chi connectivity index (χ2n) is 5.01. The minimum absolute atomic E-state index is 0.0906. The molecule has 1 saturated heterocycles. The van der Waals surface area contributed by atoms with Crippen molar-refractivity contribution in [1.29, 1.82) is 0 Å². The van der Waals surface area contributed by atoms with Gasteiger partial charge < -0.3 is 5.32 Å². The van der Waals surface area contributed by atoms with Crippen LogP contribution in [0.2, 0.25) is 5.15 Å². The first-order valence-corrected chi connectivity index (χ1v) is 6.36. The molecule has 1 fully saturated rings. The van der Waals surface area contributed by atoms with E-state index in [0.29, 0.717) is 5.15 Å². The predicted molar refractivity (Wildman–Crippen MR) is 70.3 cm³/mol. The zero-order valence-electron chi connectivity index (χ0n) is 10.1. The van der Waals surface area contributed by atoms with Gasteiger partial charge in [-0.2, -0.15) is 5.10 Å². The van der Waals surface area contributed by atoms with Crippen LogP contribution in [0, 0.1) is 0 Å². The Hall–Kier alpha value is -1.06. The number of aryl methyl sites for hydroxylation is 1. The first-order valence-electron chi connectivity index (χ1n) is 5.98. The molecular formula is C13H16ClN3. The fourth-order valence-corrected chi connectivity index (χ4v) is 2.97. The molecule has 0 bridgehead atoms. The van der Waals surface area contributed by atoms with Crippen molar-refractivity contribution in [3.8, 4) is 0 Å². The molecule has 1 aliphatic heterocycles. The van der Waals surface area contributed by atoms with Crippen LogP contribution in [0.4, 0.5) is 0 Å². The lowest BCUT2D eigenvalue weighted by molar-refractivity contribution is 0.435. The molecule has 0 spiro atoms. The molecule has 1 N–H and O–H groups in total. The third kappa shape index (κ3) is 1.65. The molecule has 0 aliphatic carbocycles. The van der Waals surface area contributed by atoms with Gasteiger partial charge in [0.15, 0.2) is 5.15 Å². The Morgan fingerprint density at radius 3 is 3.00 bits per heavy atom. The summed E-state index contributed by atoms with van der Waals surface area (Å²) in [6, 6.07) is 6.45. The van der Waals surface area contributed by atoms with Crippen LogP contribution in [-0.4, -0.2) is 16.3 Å². The second-order valence-corrected chi connectivity index (χ2v) is 5.37. The fraction of sp³-hybridized carbons (Fsp3) is 0.462. The molecule has 0 saturated carbocycles. The number of hydrogen-bond donors (Lipinski definition) is 1. The van der Waals surface area contributed by atoms with E-state index in [-0.39, 0.29) is 5.54 Å². The molecule has 0 radical (unpaired) electrons. The van der Waals surface area contributed by atoms with Crippen LogP contribution in [0.1, 0.15) is 25.3 Å². The van der Waals surface area contributed by atoms with Crippen molar-refractivity contribution in [1.82, 2.24) is 15.1 Å². The third-order valence-corrected chi connectivity index (χ3v) is 4.09. The smallest absolute Gasteiger partial charge is 0.158 e. The highest BCUT2D eigenvalue weighted by molar-refractivity contribution is 6.34. The zero-order valence-corrected chi connectivity index (χ0v) is 10.9. The van der Waals surface area contributed by atoms with Crippen LogP contribution >= 0.6 is 11.6 Å². The molecule has 4 heteroatoms. The van der Waals surface area contributed by atoms with Crippen molar-refractivity contribution >= 4 is 22.5 Å². The Bertz CT molecular complexity index is 567. The van der Waals surface area contributed by atoms with Gasteiger partial charge in [0, 0.05) is 18.0 Å². The first-order chi connectivity index (χ1) is 8.10. The number of aromatic nitrogens is 2. The van der Waals surface area contributed by atoms with Crippen molar-refractivity contribution in [3.63, 3.8) is 0 Å². The minimum atomic E-state index is 0.0906. The summed E-state index contributed by atoms with van der Waals surface area (Å²) >= 11 is 6.15. The SMILES string of the molecule is Cn1nc(Cl)c2cc(C3(C)CCCN3)ccc21. The summed E-state index contributed by atoms with van der Waals surface area (Å²) in [4.78, 5) is 0. The van der Waals surface area contributed by atoms with Gasteiger partial charge in [0.25, 0.3) is 0 Å². The number of nitrogens with one attached hydrogen (secondary N) is 1. The van der Waals surface area contributed by atoms with Gasteiger partial charge in [-0.25, -0.2) is 0 Å². The van der Waals surface area contributed by atoms with Gasteiger partial charge in [0.1, 0.15) is 0 Å². The fourth-order valence-electron chi connectivity index (χ4n) is 2.71. The lowest BCUT2D eigenvalue weighted by atomic mass is 9.90. The maximum atomic E-state index is 6.15. The van der Waals surface area contributed by atoms with Gasteiger partial charge in [0.05, 0.1) is 5.52 Å². The monoisotopic (exact) mass is 249 g/mol. The van der Waals surface area contributed by atoms with Gasteiger partial charge in [-0.15, -0.1) is 0 Å². The molecule has 90 valence electrons. The van der Waals surface area contributed by atoms with E-state index in [0.717, 1.165) is 17.4 Å². The molecule has 2 heterocycles. The molecule has 1 aromatic carbocycles. The molecule has 1 aromatic heterocycles. The van der Waals surface area contributed by atoms with Crippen LogP contribution in [0.5, 0.6) is 0 Å². The maximum Gasteiger partial charge on any atom is 0.158 e. The summed E-state index contributed by atoms with van der Waals surface area (Å²) in [6.07, 6.45) is 2.41. The largest absolute Gasteiger partial charge is 0.308 e. The van der Waals surface area contributed by atoms with Gasteiger partial charge in [-0.1, -0.05) is 17.7 Å². The van der Waals surface area contributed by atoms with Crippen LogP contribution in [0.25, 0.3) is 10.9 Å². The highest BCUT2D eigenvalue weighted by Gasteiger charge is 2.30. The molecule has 1 atom stereocenters. The second kappa shape index (κ2) is 3.72. The zero-order chi connectivity index (χ0) is 12.0. The summed E-state index contributed by atoms with van der Waals surface area (Å²) in [5.74, 6) is 0. The van der Waals surface area contributed by atoms with Crippen molar-refractivity contribution < 1.29 is 0 Å². The lowest BCUT2D eigenvalue weighted by Gasteiger charge is -2.25. The topological polar surface area (TPSA) is 29.9 Å². The highest BCUT2D eigenvalue weighted by Crippen LogP contribution is 2.33. The molecule has 1 aliphatic rings. The van der Waals surface area contributed by atoms with Gasteiger partial charge in [-0.3, -0.25) is 4.68 Å². The van der Waals surface area contributed by atoms with Gasteiger partial charge in [0.2, 0.25) is 0 Å². The highest BCUT2D eigenvalue weighted by atomic mass is 35.5. The normalized spacial score (nSPS) is 24.6. The number of nitrogens with zero attached hydrogens (tertiary/aromatic N) is 2. The van der Waals surface area contributed by atoms with Crippen molar-refractivity contribution in [3.05, 3.63) is 28.9 Å². The Balaban J connectivity index is 2.16.